The Morgan fingerprint density at radius 1 is 1.33 bits per heavy atom. The molecule has 2 aromatic rings. The van der Waals surface area contributed by atoms with E-state index in [1.807, 2.05) is 26.8 Å². The van der Waals surface area contributed by atoms with Gasteiger partial charge in [-0.3, -0.25) is 4.79 Å². The summed E-state index contributed by atoms with van der Waals surface area (Å²) < 4.78 is 0. The van der Waals surface area contributed by atoms with Crippen molar-refractivity contribution in [3.8, 4) is 0 Å². The number of hydrogen-bond donors (Lipinski definition) is 1. The summed E-state index contributed by atoms with van der Waals surface area (Å²) in [5.74, 6) is 0.212. The van der Waals surface area contributed by atoms with Gasteiger partial charge in [0.15, 0.2) is 5.78 Å². The van der Waals surface area contributed by atoms with E-state index in [9.17, 15) is 4.79 Å². The second kappa shape index (κ2) is 3.54. The average molecular weight is 201 g/mol. The van der Waals surface area contributed by atoms with Crippen LogP contribution in [-0.4, -0.2) is 10.8 Å². The number of fused-ring (bicyclic) bond motifs is 1. The van der Waals surface area contributed by atoms with Crippen molar-refractivity contribution in [2.75, 3.05) is 0 Å². The molecule has 15 heavy (non-hydrogen) atoms. The number of aryl methyl sites for hydroxylation is 2. The normalized spacial score (nSPS) is 10.9. The van der Waals surface area contributed by atoms with Crippen molar-refractivity contribution in [3.05, 3.63) is 35.0 Å². The highest BCUT2D eigenvalue weighted by Gasteiger charge is 2.13. The summed E-state index contributed by atoms with van der Waals surface area (Å²) in [5, 5.41) is 1.05. The molecular formula is C13H15NO. The fourth-order valence-corrected chi connectivity index (χ4v) is 1.98. The van der Waals surface area contributed by atoms with E-state index in [0.29, 0.717) is 6.42 Å². The van der Waals surface area contributed by atoms with Gasteiger partial charge < -0.3 is 4.98 Å². The zero-order valence-corrected chi connectivity index (χ0v) is 9.35. The lowest BCUT2D eigenvalue weighted by atomic mass is 10.0. The van der Waals surface area contributed by atoms with E-state index in [0.717, 1.165) is 22.2 Å². The molecule has 0 aliphatic heterocycles. The van der Waals surface area contributed by atoms with E-state index in [1.54, 1.807) is 0 Å². The molecule has 1 N–H and O–H groups in total. The number of ketones is 1. The number of aromatic nitrogens is 1. The molecule has 2 nitrogen and oxygen atoms in total. The molecule has 2 rings (SSSR count). The van der Waals surface area contributed by atoms with Crippen LogP contribution in [0.1, 0.15) is 35.0 Å². The fourth-order valence-electron chi connectivity index (χ4n) is 1.98. The van der Waals surface area contributed by atoms with Crippen molar-refractivity contribution in [2.45, 2.75) is 27.2 Å². The number of rotatable bonds is 2. The molecular weight excluding hydrogens is 186 g/mol. The first kappa shape index (κ1) is 9.97. The molecule has 0 atom stereocenters. The molecule has 0 amide bonds. The summed E-state index contributed by atoms with van der Waals surface area (Å²) in [6.45, 7) is 5.90. The van der Waals surface area contributed by atoms with Crippen LogP contribution < -0.4 is 0 Å². The van der Waals surface area contributed by atoms with Crippen molar-refractivity contribution in [1.82, 2.24) is 4.98 Å². The van der Waals surface area contributed by atoms with Gasteiger partial charge in [-0.15, -0.1) is 0 Å². The lowest BCUT2D eigenvalue weighted by Crippen LogP contribution is -1.97. The SMILES string of the molecule is CCC(=O)c1c(C)[nH]c2ccc(C)cc12. The summed E-state index contributed by atoms with van der Waals surface area (Å²) in [6.07, 6.45) is 0.557. The molecule has 1 heterocycles. The second-order valence-corrected chi connectivity index (χ2v) is 3.95. The molecule has 78 valence electrons. The van der Waals surface area contributed by atoms with Gasteiger partial charge in [-0.05, 0) is 26.0 Å². The van der Waals surface area contributed by atoms with Gasteiger partial charge in [0.1, 0.15) is 0 Å². The van der Waals surface area contributed by atoms with E-state index in [4.69, 9.17) is 0 Å². The highest BCUT2D eigenvalue weighted by atomic mass is 16.1. The van der Waals surface area contributed by atoms with E-state index >= 15 is 0 Å². The maximum atomic E-state index is 11.8. The van der Waals surface area contributed by atoms with E-state index in [-0.39, 0.29) is 5.78 Å². The number of hydrogen-bond acceptors (Lipinski definition) is 1. The summed E-state index contributed by atoms with van der Waals surface area (Å²) in [5.41, 5.74) is 4.07. The minimum absolute atomic E-state index is 0.212. The van der Waals surface area contributed by atoms with E-state index in [2.05, 4.69) is 17.1 Å². The predicted octanol–water partition coefficient (Wildman–Crippen LogP) is 3.38. The molecule has 0 aliphatic rings. The third kappa shape index (κ3) is 1.56. The first-order valence-corrected chi connectivity index (χ1v) is 5.25. The topological polar surface area (TPSA) is 32.9 Å². The van der Waals surface area contributed by atoms with Gasteiger partial charge in [-0.25, -0.2) is 0 Å². The summed E-state index contributed by atoms with van der Waals surface area (Å²) in [4.78, 5) is 15.0. The molecule has 0 saturated heterocycles. The van der Waals surface area contributed by atoms with Crippen LogP contribution in [-0.2, 0) is 0 Å². The maximum absolute atomic E-state index is 11.8. The predicted molar refractivity (Wildman–Crippen MR) is 62.4 cm³/mol. The lowest BCUT2D eigenvalue weighted by molar-refractivity contribution is 0.0989. The summed E-state index contributed by atoms with van der Waals surface area (Å²) >= 11 is 0. The van der Waals surface area contributed by atoms with Crippen molar-refractivity contribution in [1.29, 1.82) is 0 Å². The van der Waals surface area contributed by atoms with Crippen LogP contribution in [0.5, 0.6) is 0 Å². The van der Waals surface area contributed by atoms with Gasteiger partial charge in [0.05, 0.1) is 0 Å². The Morgan fingerprint density at radius 3 is 2.73 bits per heavy atom. The summed E-state index contributed by atoms with van der Waals surface area (Å²) in [7, 11) is 0. The zero-order chi connectivity index (χ0) is 11.0. The van der Waals surface area contributed by atoms with E-state index in [1.165, 1.54) is 5.56 Å². The van der Waals surface area contributed by atoms with Crippen molar-refractivity contribution in [2.24, 2.45) is 0 Å². The first-order chi connectivity index (χ1) is 7.13. The fraction of sp³-hybridized carbons (Fsp3) is 0.308. The number of carbonyl (C=O) groups excluding carboxylic acids is 1. The molecule has 0 spiro atoms. The van der Waals surface area contributed by atoms with Crippen LogP contribution in [0, 0.1) is 13.8 Å². The number of carbonyl (C=O) groups is 1. The second-order valence-electron chi connectivity index (χ2n) is 3.95. The van der Waals surface area contributed by atoms with Crippen molar-refractivity contribution < 1.29 is 4.79 Å². The van der Waals surface area contributed by atoms with Gasteiger partial charge in [0.25, 0.3) is 0 Å². The molecule has 0 unspecified atom stereocenters. The minimum atomic E-state index is 0.212. The van der Waals surface area contributed by atoms with E-state index < -0.39 is 0 Å². The monoisotopic (exact) mass is 201 g/mol. The molecule has 0 bridgehead atoms. The van der Waals surface area contributed by atoms with Crippen LogP contribution in [0.3, 0.4) is 0 Å². The highest BCUT2D eigenvalue weighted by Crippen LogP contribution is 2.24. The van der Waals surface area contributed by atoms with Crippen molar-refractivity contribution in [3.63, 3.8) is 0 Å². The molecule has 0 radical (unpaired) electrons. The Bertz CT molecular complexity index is 523. The lowest BCUT2D eigenvalue weighted by Gasteiger charge is -1.98. The quantitative estimate of drug-likeness (QED) is 0.742. The molecule has 2 heteroatoms. The minimum Gasteiger partial charge on any atom is -0.358 e. The van der Waals surface area contributed by atoms with Gasteiger partial charge in [0.2, 0.25) is 0 Å². The van der Waals surface area contributed by atoms with Crippen LogP contribution in [0.25, 0.3) is 10.9 Å². The molecule has 1 aromatic heterocycles. The zero-order valence-electron chi connectivity index (χ0n) is 9.35. The van der Waals surface area contributed by atoms with Gasteiger partial charge in [0, 0.05) is 28.6 Å². The van der Waals surface area contributed by atoms with Crippen LogP contribution >= 0.6 is 0 Å². The first-order valence-electron chi connectivity index (χ1n) is 5.25. The Kier molecular flexibility index (Phi) is 2.35. The molecule has 0 fully saturated rings. The number of nitrogens with one attached hydrogen (secondary N) is 1. The maximum Gasteiger partial charge on any atom is 0.165 e. The number of benzene rings is 1. The largest absolute Gasteiger partial charge is 0.358 e. The Labute approximate surface area is 89.3 Å². The van der Waals surface area contributed by atoms with Crippen LogP contribution in [0.15, 0.2) is 18.2 Å². The van der Waals surface area contributed by atoms with Gasteiger partial charge in [-0.2, -0.15) is 0 Å². The van der Waals surface area contributed by atoms with Crippen molar-refractivity contribution >= 4 is 16.7 Å². The van der Waals surface area contributed by atoms with Crippen LogP contribution in [0.2, 0.25) is 0 Å². The Balaban J connectivity index is 2.76. The average Bonchev–Trinajstić information content (AvgIpc) is 2.52. The number of Topliss-reactive ketones (excluding diaryl/α,β-unsaturated/α-hetero) is 1. The Morgan fingerprint density at radius 2 is 2.07 bits per heavy atom. The van der Waals surface area contributed by atoms with Crippen LogP contribution in [0.4, 0.5) is 0 Å². The molecule has 1 aromatic carbocycles. The number of aromatic amines is 1. The Hall–Kier alpha value is -1.57. The molecule has 0 aliphatic carbocycles. The summed E-state index contributed by atoms with van der Waals surface area (Å²) in [6, 6.07) is 6.16. The molecule has 0 saturated carbocycles. The third-order valence-electron chi connectivity index (χ3n) is 2.74. The smallest absolute Gasteiger partial charge is 0.165 e. The standard InChI is InChI=1S/C13H15NO/c1-4-12(15)13-9(3)14-11-6-5-8(2)7-10(11)13/h5-7,14H,4H2,1-3H3. The highest BCUT2D eigenvalue weighted by molar-refractivity contribution is 6.09. The third-order valence-corrected chi connectivity index (χ3v) is 2.74. The number of H-pyrrole nitrogens is 1. The van der Waals surface area contributed by atoms with Gasteiger partial charge in [-0.1, -0.05) is 18.6 Å². The van der Waals surface area contributed by atoms with Gasteiger partial charge >= 0.3 is 0 Å².